The van der Waals surface area contributed by atoms with Gasteiger partial charge >= 0.3 is 12.1 Å². The first-order chi connectivity index (χ1) is 20.2. The maximum Gasteiger partial charge on any atom is 0.408 e. The summed E-state index contributed by atoms with van der Waals surface area (Å²) in [5, 5.41) is 9.05. The Morgan fingerprint density at radius 3 is 2.14 bits per heavy atom. The van der Waals surface area contributed by atoms with Gasteiger partial charge in [0.05, 0.1) is 5.69 Å². The average Bonchev–Trinajstić information content (AvgIpc) is 3.39. The van der Waals surface area contributed by atoms with E-state index in [0.717, 1.165) is 17.2 Å². The number of amides is 2. The molecule has 0 radical (unpaired) electrons. The van der Waals surface area contributed by atoms with Crippen molar-refractivity contribution in [2.45, 2.75) is 45.9 Å². The Bertz CT molecular complexity index is 1520. The lowest BCUT2D eigenvalue weighted by atomic mass is 9.96. The number of nitrogens with one attached hydrogen (secondary N) is 2. The van der Waals surface area contributed by atoms with Crippen LogP contribution in [0.25, 0.3) is 11.1 Å². The molecule has 0 aliphatic rings. The minimum Gasteiger partial charge on any atom is -0.459 e. The molecule has 0 saturated heterocycles. The minimum atomic E-state index is -1.28. The fraction of sp³-hybridized carbons (Fsp3) is 0.250. The number of ether oxygens (including phenoxy) is 2. The van der Waals surface area contributed by atoms with E-state index in [4.69, 9.17) is 14.0 Å². The van der Waals surface area contributed by atoms with Gasteiger partial charge in [-0.2, -0.15) is 0 Å². The van der Waals surface area contributed by atoms with Gasteiger partial charge in [0.1, 0.15) is 30.8 Å². The number of aryl methyl sites for hydroxylation is 1. The van der Waals surface area contributed by atoms with Crippen molar-refractivity contribution in [2.24, 2.45) is 0 Å². The first kappa shape index (κ1) is 30.0. The van der Waals surface area contributed by atoms with Gasteiger partial charge in [-0.1, -0.05) is 79.7 Å². The highest BCUT2D eigenvalue weighted by Gasteiger charge is 2.25. The molecule has 0 fully saturated rings. The van der Waals surface area contributed by atoms with Crippen LogP contribution in [0.2, 0.25) is 0 Å². The zero-order valence-electron chi connectivity index (χ0n) is 23.6. The van der Waals surface area contributed by atoms with E-state index in [0.29, 0.717) is 22.6 Å². The second-order valence-electron chi connectivity index (χ2n) is 9.95. The summed E-state index contributed by atoms with van der Waals surface area (Å²) in [5.74, 6) is -1.51. The second kappa shape index (κ2) is 14.1. The highest BCUT2D eigenvalue weighted by molar-refractivity contribution is 5.96. The first-order valence-electron chi connectivity index (χ1n) is 13.4. The Kier molecular flexibility index (Phi) is 10.0. The molecule has 218 valence electrons. The predicted molar refractivity (Wildman–Crippen MR) is 153 cm³/mol. The average molecular weight is 574 g/mol. The minimum absolute atomic E-state index is 0.0163. The smallest absolute Gasteiger partial charge is 0.408 e. The predicted octanol–water partition coefficient (Wildman–Crippen LogP) is 5.68. The van der Waals surface area contributed by atoms with Crippen LogP contribution in [-0.4, -0.2) is 35.7 Å². The lowest BCUT2D eigenvalue weighted by molar-refractivity contribution is -0.147. The topological polar surface area (TPSA) is 120 Å². The first-order valence-corrected chi connectivity index (χ1v) is 13.4. The Labute approximate surface area is 243 Å². The lowest BCUT2D eigenvalue weighted by Gasteiger charge is -2.18. The largest absolute Gasteiger partial charge is 0.459 e. The van der Waals surface area contributed by atoms with Crippen LogP contribution in [0.1, 0.15) is 52.7 Å². The van der Waals surface area contributed by atoms with Crippen LogP contribution in [0.5, 0.6) is 0 Å². The van der Waals surface area contributed by atoms with Crippen LogP contribution < -0.4 is 10.6 Å². The zero-order chi connectivity index (χ0) is 30.1. The fourth-order valence-electron chi connectivity index (χ4n) is 4.22. The summed E-state index contributed by atoms with van der Waals surface area (Å²) in [6.45, 7) is 5.20. The van der Waals surface area contributed by atoms with E-state index in [2.05, 4.69) is 15.8 Å². The summed E-state index contributed by atoms with van der Waals surface area (Å²) < 4.78 is 30.7. The van der Waals surface area contributed by atoms with Crippen LogP contribution in [0.3, 0.4) is 0 Å². The van der Waals surface area contributed by atoms with Gasteiger partial charge in [-0.3, -0.25) is 4.79 Å². The molecular formula is C32H32FN3O6. The van der Waals surface area contributed by atoms with Crippen molar-refractivity contribution in [3.05, 3.63) is 113 Å². The molecule has 4 rings (SSSR count). The van der Waals surface area contributed by atoms with Crippen LogP contribution in [0.15, 0.2) is 83.4 Å². The monoisotopic (exact) mass is 573 g/mol. The van der Waals surface area contributed by atoms with Crippen LogP contribution >= 0.6 is 0 Å². The third-order valence-electron chi connectivity index (χ3n) is 6.34. The van der Waals surface area contributed by atoms with E-state index in [9.17, 15) is 18.8 Å². The standard InChI is InChI=1S/C32H32FN3O6/c1-20(2)29-28(21(3)36-42-29)24-14-25(16-26(33)15-24)30(37)34-17-27(31(38)40-18-22-10-6-4-7-11-22)35-32(39)41-19-23-12-8-5-9-13-23/h4-16,20,27H,17-19H2,1-3H3,(H,34,37)(H,35,39)/t27-/m1/s1. The molecule has 10 heteroatoms. The highest BCUT2D eigenvalue weighted by atomic mass is 19.1. The Morgan fingerprint density at radius 1 is 0.905 bits per heavy atom. The van der Waals surface area contributed by atoms with E-state index in [1.54, 1.807) is 43.3 Å². The van der Waals surface area contributed by atoms with Gasteiger partial charge in [0, 0.05) is 23.6 Å². The second-order valence-corrected chi connectivity index (χ2v) is 9.95. The number of hydrogen-bond donors (Lipinski definition) is 2. The van der Waals surface area contributed by atoms with Gasteiger partial charge < -0.3 is 24.6 Å². The normalized spacial score (nSPS) is 11.5. The van der Waals surface area contributed by atoms with Gasteiger partial charge in [0.25, 0.3) is 5.91 Å². The van der Waals surface area contributed by atoms with Crippen molar-refractivity contribution < 1.29 is 32.8 Å². The van der Waals surface area contributed by atoms with E-state index in [1.807, 2.05) is 38.1 Å². The molecular weight excluding hydrogens is 541 g/mol. The molecule has 1 atom stereocenters. The molecule has 0 aliphatic carbocycles. The number of benzene rings is 3. The van der Waals surface area contributed by atoms with Crippen LogP contribution in [0.4, 0.5) is 9.18 Å². The number of alkyl carbamates (subject to hydrolysis) is 1. The van der Waals surface area contributed by atoms with Crippen LogP contribution in [-0.2, 0) is 27.5 Å². The summed E-state index contributed by atoms with van der Waals surface area (Å²) in [5.41, 5.74) is 3.14. The number of halogens is 1. The molecule has 4 aromatic rings. The molecule has 2 amide bonds. The molecule has 0 unspecified atom stereocenters. The van der Waals surface area contributed by atoms with Crippen molar-refractivity contribution in [1.82, 2.24) is 15.8 Å². The molecule has 0 spiro atoms. The van der Waals surface area contributed by atoms with E-state index in [-0.39, 0.29) is 31.2 Å². The number of hydrogen-bond acceptors (Lipinski definition) is 7. The molecule has 2 N–H and O–H groups in total. The van der Waals surface area contributed by atoms with Crippen molar-refractivity contribution in [3.8, 4) is 11.1 Å². The van der Waals surface area contributed by atoms with Crippen molar-refractivity contribution in [1.29, 1.82) is 0 Å². The number of carbonyl (C=O) groups is 3. The summed E-state index contributed by atoms with van der Waals surface area (Å²) in [6.07, 6.45) is -0.869. The molecule has 0 bridgehead atoms. The van der Waals surface area contributed by atoms with Crippen molar-refractivity contribution in [3.63, 3.8) is 0 Å². The van der Waals surface area contributed by atoms with E-state index in [1.165, 1.54) is 12.1 Å². The zero-order valence-corrected chi connectivity index (χ0v) is 23.6. The third kappa shape index (κ3) is 8.03. The summed E-state index contributed by atoms with van der Waals surface area (Å²) in [7, 11) is 0. The molecule has 1 aromatic heterocycles. The van der Waals surface area contributed by atoms with Crippen molar-refractivity contribution in [2.75, 3.05) is 6.54 Å². The van der Waals surface area contributed by atoms with E-state index >= 15 is 0 Å². The Morgan fingerprint density at radius 2 is 1.52 bits per heavy atom. The Balaban J connectivity index is 1.47. The molecule has 3 aromatic carbocycles. The number of rotatable bonds is 11. The number of aromatic nitrogens is 1. The summed E-state index contributed by atoms with van der Waals surface area (Å²) >= 11 is 0. The molecule has 0 saturated carbocycles. The molecule has 0 aliphatic heterocycles. The Hall–Kier alpha value is -4.99. The van der Waals surface area contributed by atoms with E-state index < -0.39 is 29.8 Å². The quantitative estimate of drug-likeness (QED) is 0.222. The fourth-order valence-corrected chi connectivity index (χ4v) is 4.22. The molecule has 1 heterocycles. The number of nitrogens with zero attached hydrogens (tertiary/aromatic N) is 1. The van der Waals surface area contributed by atoms with Gasteiger partial charge in [-0.25, -0.2) is 14.0 Å². The maximum absolute atomic E-state index is 14.7. The van der Waals surface area contributed by atoms with Gasteiger partial charge in [0.15, 0.2) is 0 Å². The summed E-state index contributed by atoms with van der Waals surface area (Å²) in [4.78, 5) is 38.6. The van der Waals surface area contributed by atoms with Crippen molar-refractivity contribution >= 4 is 18.0 Å². The lowest BCUT2D eigenvalue weighted by Crippen LogP contribution is -2.49. The van der Waals surface area contributed by atoms with Gasteiger partial charge in [-0.05, 0) is 41.8 Å². The highest BCUT2D eigenvalue weighted by Crippen LogP contribution is 2.33. The third-order valence-corrected chi connectivity index (χ3v) is 6.34. The number of esters is 1. The van der Waals surface area contributed by atoms with Gasteiger partial charge in [0.2, 0.25) is 0 Å². The van der Waals surface area contributed by atoms with Crippen LogP contribution in [0, 0.1) is 12.7 Å². The SMILES string of the molecule is Cc1noc(C(C)C)c1-c1cc(F)cc(C(=O)NC[C@@H](NC(=O)OCc2ccccc2)C(=O)OCc2ccccc2)c1. The van der Waals surface area contributed by atoms with Gasteiger partial charge in [-0.15, -0.1) is 0 Å². The summed E-state index contributed by atoms with van der Waals surface area (Å²) in [6, 6.07) is 20.7. The molecule has 9 nitrogen and oxygen atoms in total. The number of carbonyl (C=O) groups excluding carboxylic acids is 3. The maximum atomic E-state index is 14.7. The molecule has 42 heavy (non-hydrogen) atoms.